The van der Waals surface area contributed by atoms with Crippen molar-refractivity contribution in [1.82, 2.24) is 19.7 Å². The summed E-state index contributed by atoms with van der Waals surface area (Å²) in [5, 5.41) is 6.40. The molecule has 0 saturated carbocycles. The highest BCUT2D eigenvalue weighted by Gasteiger charge is 2.34. The molecule has 1 aliphatic rings. The highest BCUT2D eigenvalue weighted by molar-refractivity contribution is 7.89. The van der Waals surface area contributed by atoms with Gasteiger partial charge in [-0.15, -0.1) is 0 Å². The van der Waals surface area contributed by atoms with Gasteiger partial charge in [0.2, 0.25) is 15.9 Å². The van der Waals surface area contributed by atoms with Crippen molar-refractivity contribution >= 4 is 21.8 Å². The fourth-order valence-corrected chi connectivity index (χ4v) is 5.17. The van der Waals surface area contributed by atoms with Crippen LogP contribution in [-0.4, -0.2) is 67.3 Å². The third kappa shape index (κ3) is 5.28. The number of nitrogens with zero attached hydrogens (tertiary/aromatic N) is 3. The van der Waals surface area contributed by atoms with Crippen LogP contribution in [0.3, 0.4) is 0 Å². The van der Waals surface area contributed by atoms with Crippen LogP contribution in [0, 0.1) is 19.7 Å². The summed E-state index contributed by atoms with van der Waals surface area (Å²) in [6, 6.07) is 5.21. The molecule has 0 spiro atoms. The summed E-state index contributed by atoms with van der Waals surface area (Å²) in [6.45, 7) is 4.42. The van der Waals surface area contributed by atoms with E-state index in [0.29, 0.717) is 37.3 Å². The maximum Gasteiger partial charge on any atom is 0.251 e. The van der Waals surface area contributed by atoms with E-state index >= 15 is 0 Å². The zero-order chi connectivity index (χ0) is 22.6. The van der Waals surface area contributed by atoms with Gasteiger partial charge in [0.25, 0.3) is 5.91 Å². The molecular weight excluding hydrogens is 427 g/mol. The van der Waals surface area contributed by atoms with E-state index in [-0.39, 0.29) is 42.0 Å². The molecule has 2 amide bonds. The third-order valence-corrected chi connectivity index (χ3v) is 7.26. The van der Waals surface area contributed by atoms with Crippen molar-refractivity contribution in [2.75, 3.05) is 32.7 Å². The van der Waals surface area contributed by atoms with Gasteiger partial charge in [0, 0.05) is 44.7 Å². The Bertz CT molecular complexity index is 1020. The van der Waals surface area contributed by atoms with Crippen molar-refractivity contribution in [2.45, 2.75) is 31.6 Å². The molecule has 9 nitrogen and oxygen atoms in total. The number of halogens is 1. The lowest BCUT2D eigenvalue weighted by Crippen LogP contribution is -2.50. The van der Waals surface area contributed by atoms with Gasteiger partial charge < -0.3 is 14.7 Å². The van der Waals surface area contributed by atoms with Crippen LogP contribution >= 0.6 is 0 Å². The predicted molar refractivity (Wildman–Crippen MR) is 109 cm³/mol. The first-order valence-electron chi connectivity index (χ1n) is 9.94. The molecule has 1 fully saturated rings. The van der Waals surface area contributed by atoms with Gasteiger partial charge in [0.1, 0.15) is 16.4 Å². The summed E-state index contributed by atoms with van der Waals surface area (Å²) in [7, 11) is -3.72. The van der Waals surface area contributed by atoms with Gasteiger partial charge in [0.05, 0.1) is 0 Å². The lowest BCUT2D eigenvalue weighted by molar-refractivity contribution is -0.132. The number of nitrogens with one attached hydrogen (secondary N) is 1. The standard InChI is InChI=1S/C20H25FN4O5S/c1-14-19(15(2)30-23-14)31(28,29)25-12-10-24(11-13-25)18(26)4-3-9-22-20(27)16-5-7-17(21)8-6-16/h5-8H,3-4,9-13H2,1-2H3,(H,22,27). The Morgan fingerprint density at radius 3 is 2.35 bits per heavy atom. The minimum atomic E-state index is -3.72. The Balaban J connectivity index is 1.43. The van der Waals surface area contributed by atoms with Crippen molar-refractivity contribution < 1.29 is 26.9 Å². The average molecular weight is 453 g/mol. The van der Waals surface area contributed by atoms with Gasteiger partial charge in [-0.05, 0) is 44.5 Å². The maximum atomic E-state index is 12.9. The number of amides is 2. The molecule has 2 heterocycles. The molecule has 1 saturated heterocycles. The van der Waals surface area contributed by atoms with Gasteiger partial charge in [-0.2, -0.15) is 4.31 Å². The Morgan fingerprint density at radius 2 is 1.77 bits per heavy atom. The lowest BCUT2D eigenvalue weighted by atomic mass is 10.2. The smallest absolute Gasteiger partial charge is 0.251 e. The molecule has 3 rings (SSSR count). The van der Waals surface area contributed by atoms with Crippen molar-refractivity contribution in [3.63, 3.8) is 0 Å². The van der Waals surface area contributed by atoms with Gasteiger partial charge in [-0.1, -0.05) is 5.16 Å². The van der Waals surface area contributed by atoms with Crippen molar-refractivity contribution in [2.24, 2.45) is 0 Å². The van der Waals surface area contributed by atoms with E-state index < -0.39 is 15.8 Å². The predicted octanol–water partition coefficient (Wildman–Crippen LogP) is 1.47. The number of piperazine rings is 1. The van der Waals surface area contributed by atoms with E-state index in [4.69, 9.17) is 4.52 Å². The highest BCUT2D eigenvalue weighted by Crippen LogP contribution is 2.24. The molecular formula is C20H25FN4O5S. The van der Waals surface area contributed by atoms with Crippen molar-refractivity contribution in [3.05, 3.63) is 47.1 Å². The Labute approximate surface area is 180 Å². The molecule has 0 bridgehead atoms. The minimum Gasteiger partial charge on any atom is -0.360 e. The highest BCUT2D eigenvalue weighted by atomic mass is 32.2. The molecule has 0 radical (unpaired) electrons. The second-order valence-corrected chi connectivity index (χ2v) is 9.18. The number of sulfonamides is 1. The summed E-state index contributed by atoms with van der Waals surface area (Å²) in [4.78, 5) is 26.1. The lowest BCUT2D eigenvalue weighted by Gasteiger charge is -2.34. The van der Waals surface area contributed by atoms with E-state index in [2.05, 4.69) is 10.5 Å². The molecule has 1 N–H and O–H groups in total. The number of carbonyl (C=O) groups excluding carboxylic acids is 2. The van der Waals surface area contributed by atoms with Crippen LogP contribution in [0.4, 0.5) is 4.39 Å². The van der Waals surface area contributed by atoms with Crippen molar-refractivity contribution in [1.29, 1.82) is 0 Å². The first-order valence-corrected chi connectivity index (χ1v) is 11.4. The van der Waals surface area contributed by atoms with E-state index in [1.54, 1.807) is 18.7 Å². The summed E-state index contributed by atoms with van der Waals surface area (Å²) < 4.78 is 44.9. The number of carbonyl (C=O) groups is 2. The normalized spacial score (nSPS) is 15.1. The van der Waals surface area contributed by atoms with Crippen molar-refractivity contribution in [3.8, 4) is 0 Å². The summed E-state index contributed by atoms with van der Waals surface area (Å²) in [5.41, 5.74) is 0.669. The Hall–Kier alpha value is -2.79. The van der Waals surface area contributed by atoms with Crippen LogP contribution in [0.5, 0.6) is 0 Å². The second kappa shape index (κ2) is 9.56. The minimum absolute atomic E-state index is 0.0872. The molecule has 31 heavy (non-hydrogen) atoms. The zero-order valence-electron chi connectivity index (χ0n) is 17.4. The van der Waals surface area contributed by atoms with E-state index in [1.165, 1.54) is 28.6 Å². The molecule has 0 aliphatic carbocycles. The molecule has 1 aromatic carbocycles. The summed E-state index contributed by atoms with van der Waals surface area (Å²) in [5.74, 6) is -0.587. The largest absolute Gasteiger partial charge is 0.360 e. The van der Waals surface area contributed by atoms with Gasteiger partial charge in [-0.25, -0.2) is 12.8 Å². The van der Waals surface area contributed by atoms with E-state index in [0.717, 1.165) is 0 Å². The SMILES string of the molecule is Cc1noc(C)c1S(=O)(=O)N1CCN(C(=O)CCCNC(=O)c2ccc(F)cc2)CC1. The summed E-state index contributed by atoms with van der Waals surface area (Å²) in [6.07, 6.45) is 0.684. The maximum absolute atomic E-state index is 12.9. The van der Waals surface area contributed by atoms with E-state index in [9.17, 15) is 22.4 Å². The number of hydrogen-bond acceptors (Lipinski definition) is 6. The van der Waals surface area contributed by atoms with Crippen LogP contribution in [-0.2, 0) is 14.8 Å². The van der Waals surface area contributed by atoms with Crippen LogP contribution in [0.25, 0.3) is 0 Å². The Kier molecular flexibility index (Phi) is 7.06. The molecule has 1 aromatic heterocycles. The average Bonchev–Trinajstić information content (AvgIpc) is 3.10. The molecule has 2 aromatic rings. The van der Waals surface area contributed by atoms with Crippen LogP contribution in [0.1, 0.15) is 34.7 Å². The van der Waals surface area contributed by atoms with Crippen LogP contribution in [0.15, 0.2) is 33.7 Å². The number of aromatic nitrogens is 1. The van der Waals surface area contributed by atoms with Gasteiger partial charge >= 0.3 is 0 Å². The fraction of sp³-hybridized carbons (Fsp3) is 0.450. The molecule has 0 atom stereocenters. The summed E-state index contributed by atoms with van der Waals surface area (Å²) >= 11 is 0. The third-order valence-electron chi connectivity index (χ3n) is 5.12. The Morgan fingerprint density at radius 1 is 1.13 bits per heavy atom. The first kappa shape index (κ1) is 22.9. The molecule has 168 valence electrons. The molecule has 0 unspecified atom stereocenters. The molecule has 1 aliphatic heterocycles. The number of aryl methyl sites for hydroxylation is 2. The molecule has 11 heteroatoms. The fourth-order valence-electron chi connectivity index (χ4n) is 3.45. The van der Waals surface area contributed by atoms with Gasteiger partial charge in [0.15, 0.2) is 5.76 Å². The number of rotatable bonds is 7. The van der Waals surface area contributed by atoms with E-state index in [1.807, 2.05) is 0 Å². The number of benzene rings is 1. The van der Waals surface area contributed by atoms with Crippen LogP contribution < -0.4 is 5.32 Å². The number of hydrogen-bond donors (Lipinski definition) is 1. The monoisotopic (exact) mass is 452 g/mol. The topological polar surface area (TPSA) is 113 Å². The second-order valence-electron chi connectivity index (χ2n) is 7.30. The zero-order valence-corrected chi connectivity index (χ0v) is 18.2. The van der Waals surface area contributed by atoms with Gasteiger partial charge in [-0.3, -0.25) is 9.59 Å². The van der Waals surface area contributed by atoms with Crippen LogP contribution in [0.2, 0.25) is 0 Å². The quantitative estimate of drug-likeness (QED) is 0.637. The first-order chi connectivity index (χ1) is 14.7.